The summed E-state index contributed by atoms with van der Waals surface area (Å²) in [5.74, 6) is 1.60. The van der Waals surface area contributed by atoms with Crippen LogP contribution in [0.25, 0.3) is 0 Å². The molecule has 0 aromatic heterocycles. The quantitative estimate of drug-likeness (QED) is 0.746. The van der Waals surface area contributed by atoms with Gasteiger partial charge < -0.3 is 15.2 Å². The van der Waals surface area contributed by atoms with Crippen molar-refractivity contribution in [3.8, 4) is 5.75 Å². The maximum Gasteiger partial charge on any atom is 0.119 e. The Morgan fingerprint density at radius 2 is 1.83 bits per heavy atom. The molecule has 3 heteroatoms. The number of hydrogen-bond acceptors (Lipinski definition) is 3. The zero-order chi connectivity index (χ0) is 13.4. The van der Waals surface area contributed by atoms with Crippen molar-refractivity contribution in [2.45, 2.75) is 33.2 Å². The fourth-order valence-electron chi connectivity index (χ4n) is 1.66. The van der Waals surface area contributed by atoms with Crippen LogP contribution in [-0.2, 0) is 0 Å². The number of rotatable bonds is 8. The van der Waals surface area contributed by atoms with Gasteiger partial charge in [0.2, 0.25) is 0 Å². The summed E-state index contributed by atoms with van der Waals surface area (Å²) in [6.45, 7) is 8.04. The zero-order valence-corrected chi connectivity index (χ0v) is 11.6. The van der Waals surface area contributed by atoms with Crippen LogP contribution in [0.4, 0.5) is 0 Å². The Morgan fingerprint density at radius 1 is 1.17 bits per heavy atom. The molecule has 0 heterocycles. The van der Waals surface area contributed by atoms with Gasteiger partial charge in [-0.05, 0) is 37.0 Å². The molecule has 102 valence electrons. The molecule has 0 saturated heterocycles. The van der Waals surface area contributed by atoms with Crippen LogP contribution in [0.2, 0.25) is 0 Å². The van der Waals surface area contributed by atoms with E-state index in [2.05, 4.69) is 38.2 Å². The van der Waals surface area contributed by atoms with Crippen molar-refractivity contribution in [1.82, 2.24) is 5.32 Å². The van der Waals surface area contributed by atoms with Gasteiger partial charge in [0.25, 0.3) is 0 Å². The van der Waals surface area contributed by atoms with Gasteiger partial charge in [0, 0.05) is 12.6 Å². The van der Waals surface area contributed by atoms with Gasteiger partial charge in [-0.1, -0.05) is 26.0 Å². The lowest BCUT2D eigenvalue weighted by molar-refractivity contribution is 0.285. The maximum absolute atomic E-state index is 8.77. The van der Waals surface area contributed by atoms with Gasteiger partial charge in [0.15, 0.2) is 0 Å². The minimum atomic E-state index is 0.167. The molecular formula is C15H25NO2. The number of ether oxygens (including phenoxy) is 1. The first kappa shape index (κ1) is 15.0. The number of aliphatic hydroxyl groups is 1. The summed E-state index contributed by atoms with van der Waals surface area (Å²) in [4.78, 5) is 0. The number of aliphatic hydroxyl groups excluding tert-OH is 1. The van der Waals surface area contributed by atoms with E-state index in [0.717, 1.165) is 18.8 Å². The minimum Gasteiger partial charge on any atom is -0.494 e. The van der Waals surface area contributed by atoms with Crippen LogP contribution in [0.5, 0.6) is 5.75 Å². The van der Waals surface area contributed by atoms with E-state index in [0.29, 0.717) is 12.5 Å². The third-order valence-corrected chi connectivity index (χ3v) is 2.91. The first-order valence-corrected chi connectivity index (χ1v) is 6.70. The Hall–Kier alpha value is -1.06. The van der Waals surface area contributed by atoms with Gasteiger partial charge in [-0.2, -0.15) is 0 Å². The van der Waals surface area contributed by atoms with Crippen molar-refractivity contribution in [2.75, 3.05) is 19.8 Å². The molecule has 1 aromatic carbocycles. The van der Waals surface area contributed by atoms with Gasteiger partial charge in [0.1, 0.15) is 5.75 Å². The van der Waals surface area contributed by atoms with Crippen molar-refractivity contribution >= 4 is 0 Å². The Morgan fingerprint density at radius 3 is 2.39 bits per heavy atom. The summed E-state index contributed by atoms with van der Waals surface area (Å²) >= 11 is 0. The van der Waals surface area contributed by atoms with E-state index in [1.54, 1.807) is 0 Å². The number of benzene rings is 1. The molecule has 0 spiro atoms. The van der Waals surface area contributed by atoms with Crippen molar-refractivity contribution in [3.05, 3.63) is 29.8 Å². The third kappa shape index (κ3) is 5.52. The van der Waals surface area contributed by atoms with E-state index >= 15 is 0 Å². The molecule has 0 aliphatic carbocycles. The SMILES string of the molecule is CC(C)CCOc1ccc(C(C)NCCO)cc1. The van der Waals surface area contributed by atoms with Crippen LogP contribution in [-0.4, -0.2) is 24.9 Å². The molecule has 0 saturated carbocycles. The van der Waals surface area contributed by atoms with E-state index in [4.69, 9.17) is 9.84 Å². The molecule has 0 bridgehead atoms. The van der Waals surface area contributed by atoms with Crippen LogP contribution in [0.15, 0.2) is 24.3 Å². The Bertz CT molecular complexity index is 322. The smallest absolute Gasteiger partial charge is 0.119 e. The predicted octanol–water partition coefficient (Wildman–Crippen LogP) is 2.75. The topological polar surface area (TPSA) is 41.5 Å². The third-order valence-electron chi connectivity index (χ3n) is 2.91. The fourth-order valence-corrected chi connectivity index (χ4v) is 1.66. The van der Waals surface area contributed by atoms with Crippen LogP contribution in [0.1, 0.15) is 38.8 Å². The van der Waals surface area contributed by atoms with Crippen molar-refractivity contribution in [1.29, 1.82) is 0 Å². The Kier molecular flexibility index (Phi) is 6.76. The molecular weight excluding hydrogens is 226 g/mol. The van der Waals surface area contributed by atoms with Gasteiger partial charge in [-0.25, -0.2) is 0 Å². The molecule has 3 nitrogen and oxygen atoms in total. The number of hydrogen-bond donors (Lipinski definition) is 2. The lowest BCUT2D eigenvalue weighted by atomic mass is 10.1. The van der Waals surface area contributed by atoms with Crippen LogP contribution >= 0.6 is 0 Å². The maximum atomic E-state index is 8.77. The van der Waals surface area contributed by atoms with Gasteiger partial charge in [-0.3, -0.25) is 0 Å². The Labute approximate surface area is 110 Å². The number of nitrogens with one attached hydrogen (secondary N) is 1. The molecule has 0 radical (unpaired) electrons. The molecule has 1 atom stereocenters. The van der Waals surface area contributed by atoms with Crippen LogP contribution < -0.4 is 10.1 Å². The van der Waals surface area contributed by atoms with Crippen LogP contribution in [0.3, 0.4) is 0 Å². The highest BCUT2D eigenvalue weighted by Crippen LogP contribution is 2.17. The summed E-state index contributed by atoms with van der Waals surface area (Å²) in [5, 5.41) is 12.0. The molecule has 0 aliphatic heterocycles. The van der Waals surface area contributed by atoms with Crippen molar-refractivity contribution in [2.24, 2.45) is 5.92 Å². The summed E-state index contributed by atoms with van der Waals surface area (Å²) in [6.07, 6.45) is 1.08. The molecule has 18 heavy (non-hydrogen) atoms. The van der Waals surface area contributed by atoms with Gasteiger partial charge in [-0.15, -0.1) is 0 Å². The molecule has 1 unspecified atom stereocenters. The average molecular weight is 251 g/mol. The second kappa shape index (κ2) is 8.11. The molecule has 2 N–H and O–H groups in total. The van der Waals surface area contributed by atoms with Crippen LogP contribution in [0, 0.1) is 5.92 Å². The first-order valence-electron chi connectivity index (χ1n) is 6.70. The summed E-state index contributed by atoms with van der Waals surface area (Å²) in [5.41, 5.74) is 1.21. The monoisotopic (exact) mass is 251 g/mol. The van der Waals surface area contributed by atoms with E-state index < -0.39 is 0 Å². The lowest BCUT2D eigenvalue weighted by Crippen LogP contribution is -2.21. The highest BCUT2D eigenvalue weighted by atomic mass is 16.5. The zero-order valence-electron chi connectivity index (χ0n) is 11.6. The van der Waals surface area contributed by atoms with E-state index in [-0.39, 0.29) is 12.6 Å². The highest BCUT2D eigenvalue weighted by molar-refractivity contribution is 5.28. The van der Waals surface area contributed by atoms with E-state index in [9.17, 15) is 0 Å². The predicted molar refractivity (Wildman–Crippen MR) is 74.9 cm³/mol. The summed E-state index contributed by atoms with van der Waals surface area (Å²) in [7, 11) is 0. The molecule has 0 fully saturated rings. The highest BCUT2D eigenvalue weighted by Gasteiger charge is 2.04. The largest absolute Gasteiger partial charge is 0.494 e. The first-order chi connectivity index (χ1) is 8.63. The molecule has 1 rings (SSSR count). The molecule has 1 aromatic rings. The van der Waals surface area contributed by atoms with Gasteiger partial charge in [0.05, 0.1) is 13.2 Å². The summed E-state index contributed by atoms with van der Waals surface area (Å²) in [6, 6.07) is 8.40. The lowest BCUT2D eigenvalue weighted by Gasteiger charge is -2.14. The normalized spacial score (nSPS) is 12.7. The fraction of sp³-hybridized carbons (Fsp3) is 0.600. The second-order valence-electron chi connectivity index (χ2n) is 5.00. The average Bonchev–Trinajstić information content (AvgIpc) is 2.36. The van der Waals surface area contributed by atoms with E-state index in [1.807, 2.05) is 12.1 Å². The van der Waals surface area contributed by atoms with E-state index in [1.165, 1.54) is 5.56 Å². The Balaban J connectivity index is 2.41. The molecule has 0 amide bonds. The van der Waals surface area contributed by atoms with Gasteiger partial charge >= 0.3 is 0 Å². The van der Waals surface area contributed by atoms with Crippen molar-refractivity contribution < 1.29 is 9.84 Å². The molecule has 0 aliphatic rings. The second-order valence-corrected chi connectivity index (χ2v) is 5.00. The van der Waals surface area contributed by atoms with Crippen molar-refractivity contribution in [3.63, 3.8) is 0 Å². The minimum absolute atomic E-state index is 0.167. The summed E-state index contributed by atoms with van der Waals surface area (Å²) < 4.78 is 5.67. The standard InChI is InChI=1S/C15H25NO2/c1-12(2)8-11-18-15-6-4-14(5-7-15)13(3)16-9-10-17/h4-7,12-13,16-17H,8-11H2,1-3H3.